The SMILES string of the molecule is CCC(=S)N1CC(O)CC1C(=O)O. The molecule has 5 heteroatoms. The van der Waals surface area contributed by atoms with Gasteiger partial charge in [-0.1, -0.05) is 19.1 Å². The van der Waals surface area contributed by atoms with Crippen LogP contribution in [0, 0.1) is 0 Å². The van der Waals surface area contributed by atoms with E-state index < -0.39 is 18.1 Å². The fraction of sp³-hybridized carbons (Fsp3) is 0.750. The largest absolute Gasteiger partial charge is 0.480 e. The first kappa shape index (κ1) is 10.4. The van der Waals surface area contributed by atoms with E-state index in [0.29, 0.717) is 18.0 Å². The lowest BCUT2D eigenvalue weighted by Gasteiger charge is -2.22. The van der Waals surface area contributed by atoms with Gasteiger partial charge in [-0.05, 0) is 6.42 Å². The zero-order chi connectivity index (χ0) is 10.0. The number of rotatable bonds is 2. The Kier molecular flexibility index (Phi) is 3.22. The number of thiocarbonyl (C=S) groups is 1. The lowest BCUT2D eigenvalue weighted by molar-refractivity contribution is -0.141. The zero-order valence-electron chi connectivity index (χ0n) is 7.43. The van der Waals surface area contributed by atoms with Crippen molar-refractivity contribution in [3.8, 4) is 0 Å². The fourth-order valence-electron chi connectivity index (χ4n) is 1.53. The predicted molar refractivity (Wildman–Crippen MR) is 51.6 cm³/mol. The standard InChI is InChI=1S/C8H13NO3S/c1-2-7(13)9-4-5(10)3-6(9)8(11)12/h5-6,10H,2-4H2,1H3,(H,11,12). The molecule has 1 heterocycles. The van der Waals surface area contributed by atoms with Crippen LogP contribution in [0.5, 0.6) is 0 Å². The van der Waals surface area contributed by atoms with Crippen LogP contribution in [0.2, 0.25) is 0 Å². The molecule has 1 rings (SSSR count). The second-order valence-electron chi connectivity index (χ2n) is 3.14. The Labute approximate surface area is 82.2 Å². The molecule has 0 saturated carbocycles. The summed E-state index contributed by atoms with van der Waals surface area (Å²) in [5, 5.41) is 18.1. The number of hydrogen-bond donors (Lipinski definition) is 2. The van der Waals surface area contributed by atoms with Gasteiger partial charge in [-0.2, -0.15) is 0 Å². The molecule has 1 fully saturated rings. The van der Waals surface area contributed by atoms with Crippen LogP contribution in [-0.4, -0.2) is 44.8 Å². The Bertz CT molecular complexity index is 231. The van der Waals surface area contributed by atoms with Gasteiger partial charge in [0.05, 0.1) is 11.1 Å². The van der Waals surface area contributed by atoms with Crippen LogP contribution >= 0.6 is 12.2 Å². The number of aliphatic hydroxyl groups is 1. The molecule has 1 aliphatic rings. The van der Waals surface area contributed by atoms with Gasteiger partial charge in [0, 0.05) is 13.0 Å². The maximum absolute atomic E-state index is 10.8. The summed E-state index contributed by atoms with van der Waals surface area (Å²) >= 11 is 5.02. The summed E-state index contributed by atoms with van der Waals surface area (Å²) in [4.78, 5) is 13.0. The molecule has 0 aromatic heterocycles. The van der Waals surface area contributed by atoms with Crippen LogP contribution in [0.4, 0.5) is 0 Å². The van der Waals surface area contributed by atoms with Gasteiger partial charge >= 0.3 is 5.97 Å². The van der Waals surface area contributed by atoms with E-state index in [-0.39, 0.29) is 6.42 Å². The van der Waals surface area contributed by atoms with E-state index >= 15 is 0 Å². The minimum absolute atomic E-state index is 0.273. The number of carboxylic acids is 1. The van der Waals surface area contributed by atoms with Crippen molar-refractivity contribution in [1.29, 1.82) is 0 Å². The van der Waals surface area contributed by atoms with Gasteiger partial charge in [0.2, 0.25) is 0 Å². The monoisotopic (exact) mass is 203 g/mol. The van der Waals surface area contributed by atoms with Gasteiger partial charge < -0.3 is 15.1 Å². The number of likely N-dealkylation sites (tertiary alicyclic amines) is 1. The first-order valence-electron chi connectivity index (χ1n) is 4.26. The minimum Gasteiger partial charge on any atom is -0.480 e. The van der Waals surface area contributed by atoms with Gasteiger partial charge in [0.15, 0.2) is 0 Å². The lowest BCUT2D eigenvalue weighted by Crippen LogP contribution is -2.39. The second kappa shape index (κ2) is 4.02. The molecule has 2 unspecified atom stereocenters. The highest BCUT2D eigenvalue weighted by Gasteiger charge is 2.36. The summed E-state index contributed by atoms with van der Waals surface area (Å²) in [5.74, 6) is -0.910. The molecular formula is C8H13NO3S. The summed E-state index contributed by atoms with van der Waals surface area (Å²) in [7, 11) is 0. The third-order valence-electron chi connectivity index (χ3n) is 2.19. The van der Waals surface area contributed by atoms with Gasteiger partial charge in [-0.15, -0.1) is 0 Å². The summed E-state index contributed by atoms with van der Waals surface area (Å²) in [6, 6.07) is -0.637. The maximum Gasteiger partial charge on any atom is 0.326 e. The third kappa shape index (κ3) is 2.16. The number of carbonyl (C=O) groups is 1. The number of carboxylic acid groups (broad SMARTS) is 1. The minimum atomic E-state index is -0.910. The van der Waals surface area contributed by atoms with Crippen molar-refractivity contribution in [3.63, 3.8) is 0 Å². The van der Waals surface area contributed by atoms with Crippen molar-refractivity contribution in [3.05, 3.63) is 0 Å². The molecule has 0 spiro atoms. The molecule has 0 bridgehead atoms. The third-order valence-corrected chi connectivity index (χ3v) is 2.71. The van der Waals surface area contributed by atoms with Crippen molar-refractivity contribution < 1.29 is 15.0 Å². The summed E-state index contributed by atoms with van der Waals surface area (Å²) < 4.78 is 0. The van der Waals surface area contributed by atoms with Crippen LogP contribution in [0.25, 0.3) is 0 Å². The predicted octanol–water partition coefficient (Wildman–Crippen LogP) is 0.244. The second-order valence-corrected chi connectivity index (χ2v) is 3.61. The highest BCUT2D eigenvalue weighted by atomic mass is 32.1. The van der Waals surface area contributed by atoms with Crippen LogP contribution in [-0.2, 0) is 4.79 Å². The molecule has 0 aromatic rings. The number of β-amino-alcohol motifs (C(OH)–C–C–N with tert-alkyl or cyclic N) is 1. The molecular weight excluding hydrogens is 190 g/mol. The van der Waals surface area contributed by atoms with Crippen molar-refractivity contribution in [2.75, 3.05) is 6.54 Å². The van der Waals surface area contributed by atoms with E-state index in [1.165, 1.54) is 0 Å². The molecule has 13 heavy (non-hydrogen) atoms. The van der Waals surface area contributed by atoms with Crippen LogP contribution < -0.4 is 0 Å². The molecule has 1 aliphatic heterocycles. The lowest BCUT2D eigenvalue weighted by atomic mass is 10.2. The molecule has 4 nitrogen and oxygen atoms in total. The average molecular weight is 203 g/mol. The Balaban J connectivity index is 2.71. The fourth-order valence-corrected chi connectivity index (χ4v) is 1.73. The number of nitrogens with zero attached hydrogens (tertiary/aromatic N) is 1. The Hall–Kier alpha value is -0.680. The van der Waals surface area contributed by atoms with Crippen molar-refractivity contribution in [1.82, 2.24) is 4.90 Å². The topological polar surface area (TPSA) is 60.8 Å². The molecule has 0 aliphatic carbocycles. The number of hydrogen-bond acceptors (Lipinski definition) is 3. The van der Waals surface area contributed by atoms with E-state index in [0.717, 1.165) is 0 Å². The number of aliphatic hydroxyl groups excluding tert-OH is 1. The summed E-state index contributed by atoms with van der Waals surface area (Å²) in [5.41, 5.74) is 0. The first-order chi connectivity index (χ1) is 6.06. The summed E-state index contributed by atoms with van der Waals surface area (Å²) in [6.45, 7) is 2.23. The normalized spacial score (nSPS) is 27.7. The van der Waals surface area contributed by atoms with Crippen molar-refractivity contribution in [2.24, 2.45) is 0 Å². The van der Waals surface area contributed by atoms with Crippen LogP contribution in [0.3, 0.4) is 0 Å². The Morgan fingerprint density at radius 3 is 2.77 bits per heavy atom. The van der Waals surface area contributed by atoms with E-state index in [1.807, 2.05) is 6.92 Å². The van der Waals surface area contributed by atoms with E-state index in [9.17, 15) is 9.90 Å². The highest BCUT2D eigenvalue weighted by Crippen LogP contribution is 2.19. The highest BCUT2D eigenvalue weighted by molar-refractivity contribution is 7.80. The van der Waals surface area contributed by atoms with Gasteiger partial charge in [-0.25, -0.2) is 4.79 Å². The molecule has 0 amide bonds. The molecule has 2 N–H and O–H groups in total. The smallest absolute Gasteiger partial charge is 0.326 e. The van der Waals surface area contributed by atoms with E-state index in [4.69, 9.17) is 17.3 Å². The number of aliphatic carboxylic acids is 1. The van der Waals surface area contributed by atoms with Crippen LogP contribution in [0.1, 0.15) is 19.8 Å². The molecule has 74 valence electrons. The van der Waals surface area contributed by atoms with E-state index in [2.05, 4.69) is 0 Å². The molecule has 2 atom stereocenters. The summed E-state index contributed by atoms with van der Waals surface area (Å²) in [6.07, 6.45) is 0.354. The van der Waals surface area contributed by atoms with Gasteiger partial charge in [0.25, 0.3) is 0 Å². The molecule has 0 aromatic carbocycles. The maximum atomic E-state index is 10.8. The quantitative estimate of drug-likeness (QED) is 0.630. The zero-order valence-corrected chi connectivity index (χ0v) is 8.25. The Morgan fingerprint density at radius 2 is 2.31 bits per heavy atom. The average Bonchev–Trinajstić information content (AvgIpc) is 2.46. The van der Waals surface area contributed by atoms with Crippen molar-refractivity contribution >= 4 is 23.2 Å². The van der Waals surface area contributed by atoms with Crippen molar-refractivity contribution in [2.45, 2.75) is 31.9 Å². The van der Waals surface area contributed by atoms with Gasteiger partial charge in [-0.3, -0.25) is 0 Å². The first-order valence-corrected chi connectivity index (χ1v) is 4.67. The van der Waals surface area contributed by atoms with E-state index in [1.54, 1.807) is 4.90 Å². The van der Waals surface area contributed by atoms with Crippen LogP contribution in [0.15, 0.2) is 0 Å². The molecule has 1 saturated heterocycles. The Morgan fingerprint density at radius 1 is 1.69 bits per heavy atom. The molecule has 0 radical (unpaired) electrons. The van der Waals surface area contributed by atoms with Gasteiger partial charge in [0.1, 0.15) is 6.04 Å².